The van der Waals surface area contributed by atoms with Gasteiger partial charge in [0, 0.05) is 39.3 Å². The van der Waals surface area contributed by atoms with Gasteiger partial charge in [-0.1, -0.05) is 12.1 Å². The van der Waals surface area contributed by atoms with Crippen molar-refractivity contribution in [2.24, 2.45) is 0 Å². The number of hydrogen-bond acceptors (Lipinski definition) is 2. The van der Waals surface area contributed by atoms with Crippen LogP contribution in [-0.2, 0) is 32.7 Å². The number of fused-ring (bicyclic) bond motifs is 1. The van der Waals surface area contributed by atoms with E-state index >= 15 is 0 Å². The third-order valence-corrected chi connectivity index (χ3v) is 2.09. The van der Waals surface area contributed by atoms with Crippen molar-refractivity contribution in [3.05, 3.63) is 31.2 Å². The smallest absolute Gasteiger partial charge is 0.142 e. The van der Waals surface area contributed by atoms with E-state index in [-0.39, 0.29) is 32.7 Å². The van der Waals surface area contributed by atoms with E-state index in [4.69, 9.17) is 4.74 Å². The van der Waals surface area contributed by atoms with Crippen LogP contribution in [0.1, 0.15) is 0 Å². The molecule has 0 bridgehead atoms. The fourth-order valence-corrected chi connectivity index (χ4v) is 1.46. The molecule has 1 aliphatic heterocycles. The summed E-state index contributed by atoms with van der Waals surface area (Å²) >= 11 is 0. The Morgan fingerprint density at radius 3 is 2.92 bits per heavy atom. The van der Waals surface area contributed by atoms with Crippen LogP contribution in [-0.4, -0.2) is 19.7 Å². The quantitative estimate of drug-likeness (QED) is 0.704. The van der Waals surface area contributed by atoms with E-state index in [1.165, 1.54) is 5.69 Å². The summed E-state index contributed by atoms with van der Waals surface area (Å²) in [5.41, 5.74) is 1.17. The zero-order valence-corrected chi connectivity index (χ0v) is 10.4. The van der Waals surface area contributed by atoms with Gasteiger partial charge in [0.05, 0.1) is 5.69 Å². The van der Waals surface area contributed by atoms with Crippen LogP contribution in [0.5, 0.6) is 5.75 Å². The first-order chi connectivity index (χ1) is 5.92. The Kier molecular flexibility index (Phi) is 4.20. The van der Waals surface area contributed by atoms with E-state index in [1.807, 2.05) is 18.2 Å². The van der Waals surface area contributed by atoms with Crippen molar-refractivity contribution in [2.75, 3.05) is 24.6 Å². The molecule has 0 unspecified atom stereocenters. The van der Waals surface area contributed by atoms with Gasteiger partial charge in [0.25, 0.3) is 0 Å². The molecule has 0 atom stereocenters. The van der Waals surface area contributed by atoms with Gasteiger partial charge in [-0.05, 0) is 12.1 Å². The van der Waals surface area contributed by atoms with Crippen LogP contribution in [0.15, 0.2) is 24.3 Å². The molecule has 0 fully saturated rings. The van der Waals surface area contributed by atoms with E-state index in [0.29, 0.717) is 0 Å². The molecule has 0 aliphatic carbocycles. The number of benzene rings is 1. The molecule has 0 aromatic heterocycles. The normalized spacial score (nSPS) is 14.1. The number of hydrogen-bond donors (Lipinski definition) is 0. The van der Waals surface area contributed by atoms with E-state index in [2.05, 4.69) is 17.9 Å². The molecule has 13 heavy (non-hydrogen) atoms. The molecule has 67 valence electrons. The Balaban J connectivity index is 0.000000845. The predicted octanol–water partition coefficient (Wildman–Crippen LogP) is 1.72. The van der Waals surface area contributed by atoms with Crippen molar-refractivity contribution < 1.29 is 37.4 Å². The molecule has 1 aliphatic rings. The summed E-state index contributed by atoms with van der Waals surface area (Å²) in [5, 5.41) is 0. The molecule has 2 nitrogen and oxygen atoms in total. The van der Waals surface area contributed by atoms with Gasteiger partial charge < -0.3 is 16.6 Å². The molecule has 2 rings (SSSR count). The van der Waals surface area contributed by atoms with Crippen LogP contribution in [0.4, 0.5) is 5.69 Å². The monoisotopic (exact) mass is 251 g/mol. The molecule has 1 radical (unpaired) electrons. The molecule has 1 aromatic carbocycles. The van der Waals surface area contributed by atoms with E-state index in [0.717, 1.165) is 25.4 Å². The van der Waals surface area contributed by atoms with Gasteiger partial charge in [-0.15, -0.1) is 6.54 Å². The Labute approximate surface area is 104 Å². The molecule has 0 saturated heterocycles. The number of ether oxygens (including phenoxy) is 1. The Morgan fingerprint density at radius 1 is 1.38 bits per heavy atom. The topological polar surface area (TPSA) is 12.5 Å². The van der Waals surface area contributed by atoms with Crippen LogP contribution >= 0.6 is 0 Å². The van der Waals surface area contributed by atoms with E-state index in [9.17, 15) is 0 Å². The molecule has 1 aromatic rings. The van der Waals surface area contributed by atoms with Crippen molar-refractivity contribution in [2.45, 2.75) is 0 Å². The first-order valence-corrected chi connectivity index (χ1v) is 4.18. The van der Waals surface area contributed by atoms with Gasteiger partial charge >= 0.3 is 0 Å². The SMILES string of the molecule is [CH2-]CN1CCOc2ccccc21.[Y]. The summed E-state index contributed by atoms with van der Waals surface area (Å²) in [6, 6.07) is 8.08. The van der Waals surface area contributed by atoms with Crippen LogP contribution < -0.4 is 9.64 Å². The standard InChI is InChI=1S/C10H12NO.Y/c1-2-11-7-8-12-10-6-4-3-5-9(10)11;/h3-6H,1-2,7-8H2;/q-1;. The fourth-order valence-electron chi connectivity index (χ4n) is 1.46. The summed E-state index contributed by atoms with van der Waals surface area (Å²) in [6.45, 7) is 6.40. The molecule has 1 heterocycles. The molecule has 0 amide bonds. The van der Waals surface area contributed by atoms with Crippen molar-refractivity contribution >= 4 is 5.69 Å². The minimum absolute atomic E-state index is 0. The summed E-state index contributed by atoms with van der Waals surface area (Å²) in [5.74, 6) is 0.979. The molecular formula is C10H12NOY-. The largest absolute Gasteiger partial charge is 0.490 e. The van der Waals surface area contributed by atoms with Gasteiger partial charge in [-0.2, -0.15) is 0 Å². The van der Waals surface area contributed by atoms with E-state index in [1.54, 1.807) is 0 Å². The van der Waals surface area contributed by atoms with Gasteiger partial charge in [-0.3, -0.25) is 0 Å². The minimum atomic E-state index is 0. The number of nitrogens with zero attached hydrogens (tertiary/aromatic N) is 1. The molecule has 0 saturated carbocycles. The minimum Gasteiger partial charge on any atom is -0.490 e. The van der Waals surface area contributed by atoms with Crippen molar-refractivity contribution in [1.82, 2.24) is 0 Å². The Bertz CT molecular complexity index is 277. The second kappa shape index (κ2) is 4.97. The maximum Gasteiger partial charge on any atom is 0.142 e. The second-order valence-corrected chi connectivity index (χ2v) is 2.80. The first kappa shape index (κ1) is 11.0. The first-order valence-electron chi connectivity index (χ1n) is 4.18. The van der Waals surface area contributed by atoms with Crippen molar-refractivity contribution in [1.29, 1.82) is 0 Å². The average molecular weight is 251 g/mol. The Morgan fingerprint density at radius 2 is 2.15 bits per heavy atom. The fraction of sp³-hybridized carbons (Fsp3) is 0.300. The molecule has 0 N–H and O–H groups in total. The number of rotatable bonds is 1. The molecular weight excluding hydrogens is 239 g/mol. The van der Waals surface area contributed by atoms with Gasteiger partial charge in [-0.25, -0.2) is 0 Å². The predicted molar refractivity (Wildman–Crippen MR) is 49.5 cm³/mol. The average Bonchev–Trinajstić information content (AvgIpc) is 2.17. The van der Waals surface area contributed by atoms with Gasteiger partial charge in [0.2, 0.25) is 0 Å². The third-order valence-electron chi connectivity index (χ3n) is 2.09. The van der Waals surface area contributed by atoms with E-state index < -0.39 is 0 Å². The zero-order valence-electron chi connectivity index (χ0n) is 7.57. The third kappa shape index (κ3) is 2.23. The summed E-state index contributed by atoms with van der Waals surface area (Å²) in [7, 11) is 0. The Hall–Kier alpha value is -0.0761. The van der Waals surface area contributed by atoms with Crippen LogP contribution in [0.2, 0.25) is 0 Å². The van der Waals surface area contributed by atoms with Crippen molar-refractivity contribution in [3.63, 3.8) is 0 Å². The summed E-state index contributed by atoms with van der Waals surface area (Å²) in [6.07, 6.45) is 0. The second-order valence-electron chi connectivity index (χ2n) is 2.80. The summed E-state index contributed by atoms with van der Waals surface area (Å²) in [4.78, 5) is 2.22. The maximum atomic E-state index is 5.49. The summed E-state index contributed by atoms with van der Waals surface area (Å²) < 4.78 is 5.49. The molecule has 3 heteroatoms. The van der Waals surface area contributed by atoms with Crippen LogP contribution in [0, 0.1) is 6.92 Å². The van der Waals surface area contributed by atoms with Gasteiger partial charge in [0.1, 0.15) is 12.4 Å². The maximum absolute atomic E-state index is 5.49. The van der Waals surface area contributed by atoms with Crippen LogP contribution in [0.3, 0.4) is 0 Å². The number of para-hydroxylation sites is 2. The number of anilines is 1. The van der Waals surface area contributed by atoms with Crippen molar-refractivity contribution in [3.8, 4) is 5.75 Å². The molecule has 0 spiro atoms. The zero-order chi connectivity index (χ0) is 8.39. The van der Waals surface area contributed by atoms with Crippen LogP contribution in [0.25, 0.3) is 0 Å². The van der Waals surface area contributed by atoms with Gasteiger partial charge in [0.15, 0.2) is 0 Å².